The van der Waals surface area contributed by atoms with Crippen molar-refractivity contribution in [1.82, 2.24) is 4.90 Å². The van der Waals surface area contributed by atoms with Crippen LogP contribution in [0.2, 0.25) is 0 Å². The van der Waals surface area contributed by atoms with Gasteiger partial charge in [0.25, 0.3) is 0 Å². The monoisotopic (exact) mass is 230 g/mol. The van der Waals surface area contributed by atoms with E-state index >= 15 is 0 Å². The van der Waals surface area contributed by atoms with Crippen molar-refractivity contribution in [2.75, 3.05) is 24.6 Å². The maximum absolute atomic E-state index is 11.3. The van der Waals surface area contributed by atoms with Crippen LogP contribution in [-0.2, 0) is 9.84 Å². The van der Waals surface area contributed by atoms with Crippen molar-refractivity contribution in [1.29, 1.82) is 5.41 Å². The van der Waals surface area contributed by atoms with Gasteiger partial charge in [-0.05, 0) is 25.7 Å². The van der Waals surface area contributed by atoms with Crippen molar-refractivity contribution in [3.63, 3.8) is 0 Å². The lowest BCUT2D eigenvalue weighted by molar-refractivity contribution is 0.326. The molecule has 0 spiro atoms. The van der Waals surface area contributed by atoms with Gasteiger partial charge in [-0.15, -0.1) is 0 Å². The summed E-state index contributed by atoms with van der Waals surface area (Å²) in [4.78, 5) is 2.06. The van der Waals surface area contributed by atoms with Crippen LogP contribution in [0.25, 0.3) is 0 Å². The summed E-state index contributed by atoms with van der Waals surface area (Å²) in [5.74, 6) is 1.000. The molecular formula is C10H18N2O2S. The molecule has 2 fully saturated rings. The lowest BCUT2D eigenvalue weighted by atomic mass is 10.0. The Morgan fingerprint density at radius 3 is 2.40 bits per heavy atom. The zero-order chi connectivity index (χ0) is 10.9. The molecule has 2 heterocycles. The first kappa shape index (κ1) is 10.9. The number of sulfone groups is 1. The smallest absolute Gasteiger partial charge is 0.151 e. The molecule has 2 aliphatic heterocycles. The van der Waals surface area contributed by atoms with Gasteiger partial charge in [-0.3, -0.25) is 5.41 Å². The van der Waals surface area contributed by atoms with Crippen LogP contribution < -0.4 is 0 Å². The van der Waals surface area contributed by atoms with Gasteiger partial charge >= 0.3 is 0 Å². The molecule has 4 nitrogen and oxygen atoms in total. The number of hydrogen-bond donors (Lipinski definition) is 1. The molecule has 0 amide bonds. The maximum atomic E-state index is 11.3. The standard InChI is InChI=1S/C10H18N2O2S/c11-10(12-5-2-1-3-6-12)9-4-7-15(13,14)8-9/h9,11H,1-8H2. The fraction of sp³-hybridized carbons (Fsp3) is 0.900. The summed E-state index contributed by atoms with van der Waals surface area (Å²) in [5, 5.41) is 8.02. The van der Waals surface area contributed by atoms with Crippen LogP contribution in [0.5, 0.6) is 0 Å². The highest BCUT2D eigenvalue weighted by Gasteiger charge is 2.33. The Kier molecular flexibility index (Phi) is 3.00. The highest BCUT2D eigenvalue weighted by Crippen LogP contribution is 2.22. The van der Waals surface area contributed by atoms with Crippen molar-refractivity contribution >= 4 is 15.7 Å². The van der Waals surface area contributed by atoms with Crippen LogP contribution in [-0.4, -0.2) is 43.7 Å². The minimum absolute atomic E-state index is 0.0342. The second kappa shape index (κ2) is 4.12. The van der Waals surface area contributed by atoms with Crippen molar-refractivity contribution in [3.05, 3.63) is 0 Å². The summed E-state index contributed by atoms with van der Waals surface area (Å²) in [6.07, 6.45) is 4.17. The molecule has 0 aromatic carbocycles. The van der Waals surface area contributed by atoms with E-state index in [0.29, 0.717) is 12.3 Å². The summed E-state index contributed by atoms with van der Waals surface area (Å²) < 4.78 is 22.6. The number of hydrogen-bond acceptors (Lipinski definition) is 3. The van der Waals surface area contributed by atoms with Crippen molar-refractivity contribution in [2.24, 2.45) is 5.92 Å². The van der Waals surface area contributed by atoms with E-state index < -0.39 is 9.84 Å². The maximum Gasteiger partial charge on any atom is 0.151 e. The predicted octanol–water partition coefficient (Wildman–Crippen LogP) is 0.884. The molecule has 86 valence electrons. The van der Waals surface area contributed by atoms with Gasteiger partial charge in [-0.1, -0.05) is 0 Å². The molecule has 5 heteroatoms. The highest BCUT2D eigenvalue weighted by molar-refractivity contribution is 7.91. The number of amidine groups is 1. The first-order chi connectivity index (χ1) is 7.08. The third kappa shape index (κ3) is 2.51. The second-order valence-corrected chi connectivity index (χ2v) is 6.76. The Morgan fingerprint density at radius 1 is 1.20 bits per heavy atom. The van der Waals surface area contributed by atoms with Gasteiger partial charge in [0.15, 0.2) is 9.84 Å². The Balaban J connectivity index is 1.96. The van der Waals surface area contributed by atoms with Gasteiger partial charge in [0.2, 0.25) is 0 Å². The molecule has 0 aromatic heterocycles. The molecule has 1 N–H and O–H groups in total. The Morgan fingerprint density at radius 2 is 1.87 bits per heavy atom. The van der Waals surface area contributed by atoms with E-state index in [1.165, 1.54) is 6.42 Å². The Bertz CT molecular complexity index is 344. The van der Waals surface area contributed by atoms with Crippen molar-refractivity contribution in [2.45, 2.75) is 25.7 Å². The molecule has 0 saturated carbocycles. The van der Waals surface area contributed by atoms with E-state index in [1.54, 1.807) is 0 Å². The number of piperidine rings is 1. The SMILES string of the molecule is N=C(C1CCS(=O)(=O)C1)N1CCCCC1. The van der Waals surface area contributed by atoms with Crippen LogP contribution in [0.1, 0.15) is 25.7 Å². The summed E-state index contributed by atoms with van der Waals surface area (Å²) in [7, 11) is -2.85. The normalized spacial score (nSPS) is 30.4. The van der Waals surface area contributed by atoms with Crippen molar-refractivity contribution in [3.8, 4) is 0 Å². The minimum Gasteiger partial charge on any atom is -0.360 e. The molecule has 0 radical (unpaired) electrons. The van der Waals surface area contributed by atoms with E-state index in [9.17, 15) is 8.42 Å². The highest BCUT2D eigenvalue weighted by atomic mass is 32.2. The number of rotatable bonds is 1. The molecule has 1 atom stereocenters. The quantitative estimate of drug-likeness (QED) is 0.537. The average Bonchev–Trinajstić information content (AvgIpc) is 2.59. The summed E-state index contributed by atoms with van der Waals surface area (Å²) in [5.41, 5.74) is 0. The van der Waals surface area contributed by atoms with Crippen LogP contribution in [0, 0.1) is 11.3 Å². The van der Waals surface area contributed by atoms with E-state index in [1.807, 2.05) is 0 Å². The molecule has 0 aromatic rings. The molecule has 15 heavy (non-hydrogen) atoms. The van der Waals surface area contributed by atoms with Gasteiger partial charge in [0.05, 0.1) is 17.3 Å². The van der Waals surface area contributed by atoms with Gasteiger partial charge in [0.1, 0.15) is 0 Å². The fourth-order valence-corrected chi connectivity index (χ4v) is 4.15. The van der Waals surface area contributed by atoms with Gasteiger partial charge in [-0.25, -0.2) is 8.42 Å². The van der Waals surface area contributed by atoms with E-state index in [-0.39, 0.29) is 17.4 Å². The summed E-state index contributed by atoms with van der Waals surface area (Å²) in [6, 6.07) is 0. The van der Waals surface area contributed by atoms with Crippen LogP contribution in [0.4, 0.5) is 0 Å². The molecule has 2 aliphatic rings. The molecule has 0 aliphatic carbocycles. The topological polar surface area (TPSA) is 61.2 Å². The van der Waals surface area contributed by atoms with Crippen molar-refractivity contribution < 1.29 is 8.42 Å². The molecule has 2 saturated heterocycles. The van der Waals surface area contributed by atoms with E-state index in [2.05, 4.69) is 4.90 Å². The number of likely N-dealkylation sites (tertiary alicyclic amines) is 1. The third-order valence-electron chi connectivity index (χ3n) is 3.32. The lowest BCUT2D eigenvalue weighted by Crippen LogP contribution is -2.39. The average molecular weight is 230 g/mol. The Hall–Kier alpha value is -0.580. The molecular weight excluding hydrogens is 212 g/mol. The number of nitrogens with one attached hydrogen (secondary N) is 1. The van der Waals surface area contributed by atoms with Gasteiger partial charge in [-0.2, -0.15) is 0 Å². The van der Waals surface area contributed by atoms with Gasteiger partial charge in [0, 0.05) is 19.0 Å². The van der Waals surface area contributed by atoms with E-state index in [0.717, 1.165) is 25.9 Å². The molecule has 2 rings (SSSR count). The predicted molar refractivity (Wildman–Crippen MR) is 59.9 cm³/mol. The van der Waals surface area contributed by atoms with Crippen LogP contribution >= 0.6 is 0 Å². The zero-order valence-corrected chi connectivity index (χ0v) is 9.72. The zero-order valence-electron chi connectivity index (χ0n) is 8.91. The second-order valence-electron chi connectivity index (χ2n) is 4.53. The van der Waals surface area contributed by atoms with Crippen LogP contribution in [0.3, 0.4) is 0 Å². The molecule has 1 unspecified atom stereocenters. The fourth-order valence-electron chi connectivity index (χ4n) is 2.40. The van der Waals surface area contributed by atoms with Gasteiger partial charge < -0.3 is 4.90 Å². The first-order valence-electron chi connectivity index (χ1n) is 5.62. The number of nitrogens with zero attached hydrogens (tertiary/aromatic N) is 1. The van der Waals surface area contributed by atoms with E-state index in [4.69, 9.17) is 5.41 Å². The first-order valence-corrected chi connectivity index (χ1v) is 7.44. The minimum atomic E-state index is -2.85. The molecule has 0 bridgehead atoms. The Labute approximate surface area is 91.1 Å². The largest absolute Gasteiger partial charge is 0.360 e. The van der Waals surface area contributed by atoms with Crippen LogP contribution in [0.15, 0.2) is 0 Å². The third-order valence-corrected chi connectivity index (χ3v) is 5.08. The lowest BCUT2D eigenvalue weighted by Gasteiger charge is -2.31. The summed E-state index contributed by atoms with van der Waals surface area (Å²) >= 11 is 0. The summed E-state index contributed by atoms with van der Waals surface area (Å²) in [6.45, 7) is 1.88.